The fourth-order valence-electron chi connectivity index (χ4n) is 4.34. The molecule has 4 aromatic rings. The number of aromatic nitrogens is 6. The highest BCUT2D eigenvalue weighted by molar-refractivity contribution is 5.93. The minimum absolute atomic E-state index is 0.0907. The average molecular weight is 430 g/mol. The minimum Gasteiger partial charge on any atom is -0.349 e. The van der Waals surface area contributed by atoms with Gasteiger partial charge in [0.15, 0.2) is 0 Å². The molecule has 8 heteroatoms. The lowest BCUT2D eigenvalue weighted by atomic mass is 10.1. The van der Waals surface area contributed by atoms with Crippen LogP contribution < -0.4 is 5.32 Å². The van der Waals surface area contributed by atoms with Crippen LogP contribution in [0.25, 0.3) is 11.4 Å². The maximum atomic E-state index is 12.8. The van der Waals surface area contributed by atoms with Gasteiger partial charge in [-0.15, -0.1) is 10.2 Å². The van der Waals surface area contributed by atoms with Gasteiger partial charge in [-0.05, 0) is 43.0 Å². The van der Waals surface area contributed by atoms with Crippen LogP contribution in [0.3, 0.4) is 0 Å². The predicted molar refractivity (Wildman–Crippen MR) is 121 cm³/mol. The van der Waals surface area contributed by atoms with Crippen LogP contribution in [0.5, 0.6) is 0 Å². The van der Waals surface area contributed by atoms with Crippen LogP contribution >= 0.6 is 0 Å². The van der Waals surface area contributed by atoms with E-state index in [1.54, 1.807) is 6.07 Å². The Kier molecular flexibility index (Phi) is 5.58. The molecule has 0 aliphatic carbocycles. The van der Waals surface area contributed by atoms with Gasteiger partial charge in [-0.3, -0.25) is 9.89 Å². The Morgan fingerprint density at radius 1 is 1.12 bits per heavy atom. The van der Waals surface area contributed by atoms with Crippen molar-refractivity contribution in [2.45, 2.75) is 44.7 Å². The van der Waals surface area contributed by atoms with E-state index in [0.29, 0.717) is 5.69 Å². The van der Waals surface area contributed by atoms with E-state index >= 15 is 0 Å². The van der Waals surface area contributed by atoms with Crippen molar-refractivity contribution in [3.63, 3.8) is 0 Å². The molecule has 2 N–H and O–H groups in total. The molecule has 164 valence electrons. The third-order valence-corrected chi connectivity index (χ3v) is 6.17. The molecule has 4 heterocycles. The second-order valence-electron chi connectivity index (χ2n) is 8.34. The molecule has 1 atom stereocenters. The summed E-state index contributed by atoms with van der Waals surface area (Å²) in [7, 11) is 1.96. The van der Waals surface area contributed by atoms with E-state index < -0.39 is 0 Å². The van der Waals surface area contributed by atoms with E-state index in [-0.39, 0.29) is 11.9 Å². The van der Waals surface area contributed by atoms with Gasteiger partial charge in [-0.1, -0.05) is 30.3 Å². The number of nitrogens with zero attached hydrogens (tertiary/aromatic N) is 5. The second kappa shape index (κ2) is 8.82. The molecule has 0 spiro atoms. The third-order valence-electron chi connectivity index (χ3n) is 6.17. The Labute approximate surface area is 186 Å². The maximum Gasteiger partial charge on any atom is 0.269 e. The molecule has 5 rings (SSSR count). The molecule has 1 aliphatic rings. The summed E-state index contributed by atoms with van der Waals surface area (Å²) in [6.45, 7) is 0.814. The van der Waals surface area contributed by atoms with Crippen molar-refractivity contribution < 1.29 is 4.79 Å². The maximum absolute atomic E-state index is 12.8. The Bertz CT molecular complexity index is 1200. The summed E-state index contributed by atoms with van der Waals surface area (Å²) in [4.78, 5) is 12.8. The molecule has 8 nitrogen and oxygen atoms in total. The lowest BCUT2D eigenvalue weighted by Crippen LogP contribution is -2.35. The number of nitrogens with one attached hydrogen (secondary N) is 2. The van der Waals surface area contributed by atoms with Crippen molar-refractivity contribution in [1.29, 1.82) is 0 Å². The van der Waals surface area contributed by atoms with Gasteiger partial charge in [0.05, 0.1) is 5.69 Å². The normalized spacial score (nSPS) is 15.8. The first-order chi connectivity index (χ1) is 15.7. The predicted octanol–water partition coefficient (Wildman–Crippen LogP) is 2.93. The molecule has 32 heavy (non-hydrogen) atoms. The number of aryl methyl sites for hydroxylation is 4. The zero-order valence-corrected chi connectivity index (χ0v) is 18.2. The number of rotatable bonds is 6. The Morgan fingerprint density at radius 3 is 2.81 bits per heavy atom. The smallest absolute Gasteiger partial charge is 0.269 e. The summed E-state index contributed by atoms with van der Waals surface area (Å²) in [5.41, 5.74) is 3.51. The lowest BCUT2D eigenvalue weighted by Gasteiger charge is -2.15. The minimum atomic E-state index is -0.120. The van der Waals surface area contributed by atoms with Gasteiger partial charge >= 0.3 is 0 Å². The number of carbonyl (C=O) groups excluding carboxylic acids is 1. The first kappa shape index (κ1) is 20.2. The third kappa shape index (κ3) is 4.21. The van der Waals surface area contributed by atoms with E-state index in [4.69, 9.17) is 0 Å². The first-order valence-corrected chi connectivity index (χ1v) is 11.1. The van der Waals surface area contributed by atoms with Crippen LogP contribution in [0.2, 0.25) is 0 Å². The highest BCUT2D eigenvalue weighted by Crippen LogP contribution is 2.19. The van der Waals surface area contributed by atoms with Gasteiger partial charge in [0.1, 0.15) is 23.0 Å². The van der Waals surface area contributed by atoms with Gasteiger partial charge in [-0.2, -0.15) is 5.10 Å². The van der Waals surface area contributed by atoms with Crippen LogP contribution in [0.1, 0.15) is 40.5 Å². The summed E-state index contributed by atoms with van der Waals surface area (Å²) in [6, 6.07) is 16.3. The zero-order valence-electron chi connectivity index (χ0n) is 18.2. The van der Waals surface area contributed by atoms with Gasteiger partial charge in [0.25, 0.3) is 5.91 Å². The number of amides is 1. The molecule has 0 radical (unpaired) electrons. The number of H-pyrrole nitrogens is 1. The molecular formula is C24H27N7O. The van der Waals surface area contributed by atoms with Crippen LogP contribution in [-0.2, 0) is 32.9 Å². The average Bonchev–Trinajstić information content (AvgIpc) is 3.52. The second-order valence-corrected chi connectivity index (χ2v) is 8.34. The molecule has 0 bridgehead atoms. The molecule has 1 aromatic carbocycles. The summed E-state index contributed by atoms with van der Waals surface area (Å²) >= 11 is 0. The van der Waals surface area contributed by atoms with Gasteiger partial charge in [0, 0.05) is 38.7 Å². The molecule has 0 saturated carbocycles. The van der Waals surface area contributed by atoms with E-state index in [1.165, 1.54) is 5.56 Å². The first-order valence-electron chi connectivity index (χ1n) is 11.1. The van der Waals surface area contributed by atoms with Crippen molar-refractivity contribution in [2.75, 3.05) is 0 Å². The van der Waals surface area contributed by atoms with Crippen molar-refractivity contribution in [2.24, 2.45) is 7.05 Å². The summed E-state index contributed by atoms with van der Waals surface area (Å²) < 4.78 is 4.22. The number of carbonyl (C=O) groups is 1. The monoisotopic (exact) mass is 429 g/mol. The fourth-order valence-corrected chi connectivity index (χ4v) is 4.34. The van der Waals surface area contributed by atoms with E-state index in [9.17, 15) is 4.79 Å². The highest BCUT2D eigenvalue weighted by atomic mass is 16.2. The van der Waals surface area contributed by atoms with Crippen LogP contribution in [0, 0.1) is 0 Å². The van der Waals surface area contributed by atoms with E-state index in [1.807, 2.05) is 36.0 Å². The number of aromatic amines is 1. The number of fused-ring (bicyclic) bond motifs is 1. The zero-order chi connectivity index (χ0) is 21.9. The molecule has 1 aliphatic heterocycles. The molecule has 0 saturated heterocycles. The van der Waals surface area contributed by atoms with Crippen molar-refractivity contribution in [3.05, 3.63) is 77.6 Å². The van der Waals surface area contributed by atoms with Crippen LogP contribution in [0.15, 0.2) is 54.7 Å². The van der Waals surface area contributed by atoms with Gasteiger partial charge < -0.3 is 14.5 Å². The van der Waals surface area contributed by atoms with E-state index in [0.717, 1.165) is 61.7 Å². The Balaban J connectivity index is 1.20. The molecular weight excluding hydrogens is 402 g/mol. The lowest BCUT2D eigenvalue weighted by molar-refractivity contribution is 0.0928. The van der Waals surface area contributed by atoms with Crippen molar-refractivity contribution in [3.8, 4) is 11.4 Å². The summed E-state index contributed by atoms with van der Waals surface area (Å²) in [6.07, 6.45) is 6.28. The summed E-state index contributed by atoms with van der Waals surface area (Å²) in [5, 5.41) is 19.2. The quantitative estimate of drug-likeness (QED) is 0.493. The van der Waals surface area contributed by atoms with Gasteiger partial charge in [-0.25, -0.2) is 0 Å². The molecule has 1 unspecified atom stereocenters. The molecule has 1 amide bonds. The van der Waals surface area contributed by atoms with Crippen LogP contribution in [-0.4, -0.2) is 41.5 Å². The fraction of sp³-hybridized carbons (Fsp3) is 0.333. The largest absolute Gasteiger partial charge is 0.349 e. The van der Waals surface area contributed by atoms with Crippen LogP contribution in [0.4, 0.5) is 0 Å². The van der Waals surface area contributed by atoms with E-state index in [2.05, 4.69) is 54.5 Å². The topological polar surface area (TPSA) is 93.4 Å². The highest BCUT2D eigenvalue weighted by Gasteiger charge is 2.22. The SMILES string of the molecule is Cn1cccc1-c1cc(C(=O)NC2CCc3nnc(CCc4ccccc4)n3CC2)[nH]n1. The standard InChI is InChI=1S/C24H27N7O/c1-30-14-5-8-21(30)19-16-20(27-26-19)24(32)25-18-10-12-23-29-28-22(31(23)15-13-18)11-9-17-6-3-2-4-7-17/h2-8,14,16,18H,9-13,15H2,1H3,(H,25,32)(H,26,27). The number of hydrogen-bond acceptors (Lipinski definition) is 4. The Morgan fingerprint density at radius 2 is 2.00 bits per heavy atom. The molecule has 0 fully saturated rings. The van der Waals surface area contributed by atoms with Crippen molar-refractivity contribution >= 4 is 5.91 Å². The molecule has 3 aromatic heterocycles. The number of benzene rings is 1. The number of hydrogen-bond donors (Lipinski definition) is 2. The Hall–Kier alpha value is -3.68. The summed E-state index contributed by atoms with van der Waals surface area (Å²) in [5.74, 6) is 1.92. The van der Waals surface area contributed by atoms with Crippen molar-refractivity contribution in [1.82, 2.24) is 34.8 Å². The van der Waals surface area contributed by atoms with Gasteiger partial charge in [0.2, 0.25) is 0 Å².